The van der Waals surface area contributed by atoms with Gasteiger partial charge in [-0.05, 0) is 47.5 Å². The van der Waals surface area contributed by atoms with Crippen molar-refractivity contribution in [2.75, 3.05) is 19.5 Å². The third kappa shape index (κ3) is 4.63. The van der Waals surface area contributed by atoms with Crippen molar-refractivity contribution >= 4 is 5.82 Å². The molecule has 1 heterocycles. The second kappa shape index (κ2) is 8.74. The Bertz CT molecular complexity index is 1030. The van der Waals surface area contributed by atoms with Crippen LogP contribution in [0, 0.1) is 11.3 Å². The first-order valence-corrected chi connectivity index (χ1v) is 8.88. The van der Waals surface area contributed by atoms with Crippen molar-refractivity contribution in [2.24, 2.45) is 0 Å². The van der Waals surface area contributed by atoms with E-state index in [4.69, 9.17) is 9.47 Å². The van der Waals surface area contributed by atoms with E-state index in [1.807, 2.05) is 6.07 Å². The molecule has 0 aliphatic rings. The van der Waals surface area contributed by atoms with Crippen molar-refractivity contribution in [1.82, 2.24) is 4.98 Å². The lowest BCUT2D eigenvalue weighted by Gasteiger charge is -2.22. The fraction of sp³-hybridized carbons (Fsp3) is 0.182. The summed E-state index contributed by atoms with van der Waals surface area (Å²) < 4.78 is 50.1. The van der Waals surface area contributed by atoms with E-state index in [-0.39, 0.29) is 11.4 Å². The second-order valence-electron chi connectivity index (χ2n) is 6.33. The van der Waals surface area contributed by atoms with Gasteiger partial charge in [0.2, 0.25) is 0 Å². The van der Waals surface area contributed by atoms with Gasteiger partial charge in [-0.15, -0.1) is 0 Å². The first kappa shape index (κ1) is 21.0. The molecule has 5 nitrogen and oxygen atoms in total. The van der Waals surface area contributed by atoms with E-state index in [1.54, 1.807) is 48.5 Å². The Balaban J connectivity index is 2.12. The van der Waals surface area contributed by atoms with E-state index in [9.17, 15) is 18.4 Å². The van der Waals surface area contributed by atoms with Crippen LogP contribution in [0.5, 0.6) is 11.5 Å². The SMILES string of the molecule is COc1cccc(C(Nc2nc(C(F)(F)F)ccc2C#N)c2cccc(OC)c2)c1. The Morgan fingerprint density at radius 2 is 1.50 bits per heavy atom. The van der Waals surface area contributed by atoms with Gasteiger partial charge in [-0.1, -0.05) is 24.3 Å². The van der Waals surface area contributed by atoms with Crippen LogP contribution in [0.1, 0.15) is 28.4 Å². The summed E-state index contributed by atoms with van der Waals surface area (Å²) >= 11 is 0. The highest BCUT2D eigenvalue weighted by Gasteiger charge is 2.33. The predicted molar refractivity (Wildman–Crippen MR) is 105 cm³/mol. The average molecular weight is 413 g/mol. The highest BCUT2D eigenvalue weighted by molar-refractivity contribution is 5.56. The maximum absolute atomic E-state index is 13.2. The zero-order valence-electron chi connectivity index (χ0n) is 16.2. The largest absolute Gasteiger partial charge is 0.497 e. The summed E-state index contributed by atoms with van der Waals surface area (Å²) in [4.78, 5) is 3.67. The van der Waals surface area contributed by atoms with E-state index in [1.165, 1.54) is 14.2 Å². The van der Waals surface area contributed by atoms with Crippen LogP contribution in [0.15, 0.2) is 60.7 Å². The quantitative estimate of drug-likeness (QED) is 0.602. The predicted octanol–water partition coefficient (Wildman–Crippen LogP) is 5.19. The summed E-state index contributed by atoms with van der Waals surface area (Å²) in [5.41, 5.74) is 0.342. The van der Waals surface area contributed by atoms with Gasteiger partial charge in [0.15, 0.2) is 0 Å². The maximum atomic E-state index is 13.2. The minimum absolute atomic E-state index is 0.00112. The van der Waals surface area contributed by atoms with Gasteiger partial charge in [0.1, 0.15) is 29.1 Å². The van der Waals surface area contributed by atoms with Crippen molar-refractivity contribution in [1.29, 1.82) is 5.26 Å². The molecule has 8 heteroatoms. The van der Waals surface area contributed by atoms with E-state index in [0.717, 1.165) is 12.1 Å². The Hall–Kier alpha value is -3.73. The molecule has 0 saturated heterocycles. The van der Waals surface area contributed by atoms with Crippen molar-refractivity contribution < 1.29 is 22.6 Å². The molecule has 0 aliphatic carbocycles. The molecule has 154 valence electrons. The number of nitriles is 1. The fourth-order valence-corrected chi connectivity index (χ4v) is 2.96. The Morgan fingerprint density at radius 1 is 0.933 bits per heavy atom. The lowest BCUT2D eigenvalue weighted by molar-refractivity contribution is -0.141. The standard InChI is InChI=1S/C22H18F3N3O2/c1-29-17-7-3-5-14(11-17)20(15-6-4-8-18(12-15)30-2)28-21-16(13-26)9-10-19(27-21)22(23,24)25/h3-12,20H,1-2H3,(H,27,28). The topological polar surface area (TPSA) is 67.2 Å². The van der Waals surface area contributed by atoms with Crippen LogP contribution in [0.4, 0.5) is 19.0 Å². The number of anilines is 1. The lowest BCUT2D eigenvalue weighted by atomic mass is 9.98. The van der Waals surface area contributed by atoms with Gasteiger partial charge >= 0.3 is 6.18 Å². The number of methoxy groups -OCH3 is 2. The number of ether oxygens (including phenoxy) is 2. The van der Waals surface area contributed by atoms with Crippen LogP contribution < -0.4 is 14.8 Å². The van der Waals surface area contributed by atoms with E-state index in [0.29, 0.717) is 22.6 Å². The van der Waals surface area contributed by atoms with Gasteiger partial charge in [0, 0.05) is 0 Å². The highest BCUT2D eigenvalue weighted by atomic mass is 19.4. The number of rotatable bonds is 6. The fourth-order valence-electron chi connectivity index (χ4n) is 2.96. The van der Waals surface area contributed by atoms with Crippen molar-refractivity contribution in [3.8, 4) is 17.6 Å². The molecule has 0 radical (unpaired) electrons. The number of hydrogen-bond donors (Lipinski definition) is 1. The third-order valence-electron chi connectivity index (χ3n) is 4.44. The summed E-state index contributed by atoms with van der Waals surface area (Å²) in [5, 5.41) is 12.4. The van der Waals surface area contributed by atoms with E-state index in [2.05, 4.69) is 10.3 Å². The van der Waals surface area contributed by atoms with E-state index >= 15 is 0 Å². The van der Waals surface area contributed by atoms with Crippen molar-refractivity contribution in [3.05, 3.63) is 83.0 Å². The van der Waals surface area contributed by atoms with Crippen LogP contribution in [0.25, 0.3) is 0 Å². The minimum atomic E-state index is -4.63. The summed E-state index contributed by atoms with van der Waals surface area (Å²) in [5.74, 6) is 1.00. The van der Waals surface area contributed by atoms with E-state index < -0.39 is 17.9 Å². The lowest BCUT2D eigenvalue weighted by Crippen LogP contribution is -2.17. The molecule has 0 unspecified atom stereocenters. The molecule has 0 atom stereocenters. The number of pyridine rings is 1. The summed E-state index contributed by atoms with van der Waals surface area (Å²) in [6, 6.07) is 17.4. The molecule has 0 aliphatic heterocycles. The van der Waals surface area contributed by atoms with Crippen LogP contribution in [-0.4, -0.2) is 19.2 Å². The molecular formula is C22H18F3N3O2. The van der Waals surface area contributed by atoms with Gasteiger partial charge < -0.3 is 14.8 Å². The summed E-state index contributed by atoms with van der Waals surface area (Å²) in [7, 11) is 3.05. The van der Waals surface area contributed by atoms with Crippen LogP contribution in [-0.2, 0) is 6.18 Å². The van der Waals surface area contributed by atoms with Crippen LogP contribution in [0.3, 0.4) is 0 Å². The molecule has 3 aromatic rings. The molecule has 0 saturated carbocycles. The highest BCUT2D eigenvalue weighted by Crippen LogP contribution is 2.33. The Labute approximate surface area is 171 Å². The zero-order valence-corrected chi connectivity index (χ0v) is 16.2. The number of benzene rings is 2. The first-order valence-electron chi connectivity index (χ1n) is 8.88. The average Bonchev–Trinajstić information content (AvgIpc) is 2.76. The molecule has 0 amide bonds. The molecule has 1 aromatic heterocycles. The number of hydrogen-bond acceptors (Lipinski definition) is 5. The van der Waals surface area contributed by atoms with Gasteiger partial charge in [-0.2, -0.15) is 18.4 Å². The Morgan fingerprint density at radius 3 is 1.97 bits per heavy atom. The van der Waals surface area contributed by atoms with Crippen molar-refractivity contribution in [2.45, 2.75) is 12.2 Å². The van der Waals surface area contributed by atoms with Gasteiger partial charge in [-0.25, -0.2) is 4.98 Å². The molecule has 3 rings (SSSR count). The molecule has 1 N–H and O–H groups in total. The Kier molecular flexibility index (Phi) is 6.11. The molecule has 0 bridgehead atoms. The molecule has 2 aromatic carbocycles. The minimum Gasteiger partial charge on any atom is -0.497 e. The number of nitrogens with zero attached hydrogens (tertiary/aromatic N) is 2. The van der Waals surface area contributed by atoms with Gasteiger partial charge in [0.25, 0.3) is 0 Å². The first-order chi connectivity index (χ1) is 14.4. The zero-order chi connectivity index (χ0) is 21.7. The molecular weight excluding hydrogens is 395 g/mol. The second-order valence-corrected chi connectivity index (χ2v) is 6.33. The number of nitrogens with one attached hydrogen (secondary N) is 1. The van der Waals surface area contributed by atoms with Crippen LogP contribution >= 0.6 is 0 Å². The number of halogens is 3. The summed E-state index contributed by atoms with van der Waals surface area (Å²) in [6.45, 7) is 0. The molecule has 30 heavy (non-hydrogen) atoms. The van der Waals surface area contributed by atoms with Gasteiger partial charge in [-0.3, -0.25) is 0 Å². The number of alkyl halides is 3. The molecule has 0 spiro atoms. The monoisotopic (exact) mass is 413 g/mol. The molecule has 0 fully saturated rings. The summed E-state index contributed by atoms with van der Waals surface area (Å²) in [6.07, 6.45) is -4.63. The van der Waals surface area contributed by atoms with Gasteiger partial charge in [0.05, 0.1) is 25.8 Å². The van der Waals surface area contributed by atoms with Crippen molar-refractivity contribution in [3.63, 3.8) is 0 Å². The smallest absolute Gasteiger partial charge is 0.433 e. The normalized spacial score (nSPS) is 11.1. The number of aromatic nitrogens is 1. The van der Waals surface area contributed by atoms with Crippen LogP contribution in [0.2, 0.25) is 0 Å². The third-order valence-corrected chi connectivity index (χ3v) is 4.44. The maximum Gasteiger partial charge on any atom is 0.433 e.